The molecule has 1 N–H and O–H groups in total. The molecule has 0 bridgehead atoms. The van der Waals surface area contributed by atoms with E-state index in [2.05, 4.69) is 11.4 Å². The van der Waals surface area contributed by atoms with Crippen molar-refractivity contribution in [2.24, 2.45) is 0 Å². The molecular formula is C16H14N4O4S. The molecule has 0 aromatic carbocycles. The molecule has 9 heteroatoms. The molecule has 128 valence electrons. The van der Waals surface area contributed by atoms with Crippen LogP contribution >= 0.6 is 11.3 Å². The SMILES string of the molecule is N#Cc1c(NC(=O)Cn2cc([N+](=O)[O-])ccc2=O)sc2c1CCCC2. The number of aryl methyl sites for hydroxylation is 1. The van der Waals surface area contributed by atoms with Crippen molar-refractivity contribution >= 4 is 27.9 Å². The Hall–Kier alpha value is -2.99. The average Bonchev–Trinajstić information content (AvgIpc) is 2.93. The zero-order valence-electron chi connectivity index (χ0n) is 13.2. The Balaban J connectivity index is 1.81. The van der Waals surface area contributed by atoms with Crippen LogP contribution in [0.25, 0.3) is 0 Å². The molecule has 3 rings (SSSR count). The number of pyridine rings is 1. The topological polar surface area (TPSA) is 118 Å². The van der Waals surface area contributed by atoms with Gasteiger partial charge in [0, 0.05) is 17.0 Å². The molecule has 0 fully saturated rings. The number of carbonyl (C=O) groups is 1. The lowest BCUT2D eigenvalue weighted by Gasteiger charge is -2.09. The average molecular weight is 358 g/mol. The number of thiophene rings is 1. The number of nitriles is 1. The molecule has 0 spiro atoms. The summed E-state index contributed by atoms with van der Waals surface area (Å²) < 4.78 is 0.979. The maximum atomic E-state index is 12.3. The van der Waals surface area contributed by atoms with Crippen LogP contribution in [0.5, 0.6) is 0 Å². The molecule has 25 heavy (non-hydrogen) atoms. The number of carbonyl (C=O) groups excluding carboxylic acids is 1. The highest BCUT2D eigenvalue weighted by Gasteiger charge is 2.22. The van der Waals surface area contributed by atoms with E-state index in [1.165, 1.54) is 11.3 Å². The summed E-state index contributed by atoms with van der Waals surface area (Å²) in [5, 5.41) is 23.3. The maximum Gasteiger partial charge on any atom is 0.285 e. The van der Waals surface area contributed by atoms with E-state index in [0.29, 0.717) is 10.6 Å². The minimum atomic E-state index is -0.630. The third-order valence-corrected chi connectivity index (χ3v) is 5.24. The lowest BCUT2D eigenvalue weighted by Crippen LogP contribution is -2.26. The standard InChI is InChI=1S/C16H14N4O4S/c17-7-12-11-3-1-2-4-13(11)25-16(12)18-14(21)9-19-8-10(20(23)24)5-6-15(19)22/h5-6,8H,1-4,9H2,(H,18,21). The predicted octanol–water partition coefficient (Wildman–Crippen LogP) is 2.21. The number of hydrogen-bond acceptors (Lipinski definition) is 6. The number of nitro groups is 1. The minimum absolute atomic E-state index is 0.267. The van der Waals surface area contributed by atoms with Gasteiger partial charge in [-0.15, -0.1) is 11.3 Å². The fraction of sp³-hybridized carbons (Fsp3) is 0.312. The Kier molecular flexibility index (Phi) is 4.63. The van der Waals surface area contributed by atoms with Crippen molar-refractivity contribution in [3.63, 3.8) is 0 Å². The fourth-order valence-corrected chi connectivity index (χ4v) is 4.10. The number of rotatable bonds is 4. The summed E-state index contributed by atoms with van der Waals surface area (Å²) in [6, 6.07) is 4.29. The Morgan fingerprint density at radius 2 is 2.16 bits per heavy atom. The summed E-state index contributed by atoms with van der Waals surface area (Å²) in [5.41, 5.74) is 0.712. The van der Waals surface area contributed by atoms with Gasteiger partial charge >= 0.3 is 0 Å². The monoisotopic (exact) mass is 358 g/mol. The lowest BCUT2D eigenvalue weighted by molar-refractivity contribution is -0.385. The molecule has 1 aliphatic carbocycles. The molecule has 2 aromatic rings. The summed E-state index contributed by atoms with van der Waals surface area (Å²) in [6.07, 6.45) is 4.85. The molecule has 0 unspecified atom stereocenters. The Morgan fingerprint density at radius 1 is 1.40 bits per heavy atom. The molecule has 0 saturated carbocycles. The molecule has 0 aliphatic heterocycles. The third kappa shape index (κ3) is 3.44. The summed E-state index contributed by atoms with van der Waals surface area (Å²) in [5.74, 6) is -0.502. The van der Waals surface area contributed by atoms with E-state index in [-0.39, 0.29) is 12.2 Å². The van der Waals surface area contributed by atoms with Gasteiger partial charge in [-0.25, -0.2) is 0 Å². The number of anilines is 1. The van der Waals surface area contributed by atoms with Crippen molar-refractivity contribution in [1.82, 2.24) is 4.57 Å². The first kappa shape index (κ1) is 16.9. The van der Waals surface area contributed by atoms with Crippen molar-refractivity contribution in [2.45, 2.75) is 32.2 Å². The number of nitrogens with zero attached hydrogens (tertiary/aromatic N) is 3. The Morgan fingerprint density at radius 3 is 2.88 bits per heavy atom. The number of aromatic nitrogens is 1. The zero-order valence-corrected chi connectivity index (χ0v) is 14.0. The first-order chi connectivity index (χ1) is 12.0. The number of hydrogen-bond donors (Lipinski definition) is 1. The normalized spacial score (nSPS) is 12.9. The van der Waals surface area contributed by atoms with Gasteiger partial charge in [0.1, 0.15) is 17.6 Å². The Bertz CT molecular complexity index is 954. The van der Waals surface area contributed by atoms with Gasteiger partial charge in [-0.05, 0) is 31.2 Å². The maximum absolute atomic E-state index is 12.3. The number of amides is 1. The van der Waals surface area contributed by atoms with Crippen LogP contribution in [-0.2, 0) is 24.2 Å². The second-order valence-electron chi connectivity index (χ2n) is 5.69. The van der Waals surface area contributed by atoms with Crippen molar-refractivity contribution in [3.8, 4) is 6.07 Å². The fourth-order valence-electron chi connectivity index (χ4n) is 2.84. The lowest BCUT2D eigenvalue weighted by atomic mass is 9.96. The predicted molar refractivity (Wildman–Crippen MR) is 91.7 cm³/mol. The minimum Gasteiger partial charge on any atom is -0.315 e. The van der Waals surface area contributed by atoms with E-state index in [9.17, 15) is 25.0 Å². The van der Waals surface area contributed by atoms with Crippen molar-refractivity contribution < 1.29 is 9.72 Å². The summed E-state index contributed by atoms with van der Waals surface area (Å²) in [7, 11) is 0. The van der Waals surface area contributed by atoms with Crippen molar-refractivity contribution in [3.05, 3.63) is 54.8 Å². The zero-order chi connectivity index (χ0) is 18.0. The van der Waals surface area contributed by atoms with Gasteiger partial charge in [-0.1, -0.05) is 0 Å². The Labute approximate surface area is 146 Å². The summed E-state index contributed by atoms with van der Waals surface area (Å²) in [4.78, 5) is 35.3. The molecule has 0 radical (unpaired) electrons. The summed E-state index contributed by atoms with van der Waals surface area (Å²) in [6.45, 7) is -0.353. The van der Waals surface area contributed by atoms with E-state index in [4.69, 9.17) is 0 Å². The second-order valence-corrected chi connectivity index (χ2v) is 6.79. The molecule has 8 nitrogen and oxygen atoms in total. The number of nitrogens with one attached hydrogen (secondary N) is 1. The van der Waals surface area contributed by atoms with Crippen LogP contribution in [0.3, 0.4) is 0 Å². The van der Waals surface area contributed by atoms with E-state index in [1.807, 2.05) is 0 Å². The van der Waals surface area contributed by atoms with Crippen LogP contribution in [0.1, 0.15) is 28.8 Å². The van der Waals surface area contributed by atoms with Gasteiger partial charge in [0.25, 0.3) is 11.2 Å². The molecule has 0 saturated heterocycles. The number of fused-ring (bicyclic) bond motifs is 1. The van der Waals surface area contributed by atoms with E-state index < -0.39 is 16.4 Å². The van der Waals surface area contributed by atoms with Crippen molar-refractivity contribution in [2.75, 3.05) is 5.32 Å². The highest BCUT2D eigenvalue weighted by atomic mass is 32.1. The van der Waals surface area contributed by atoms with Gasteiger partial charge in [-0.3, -0.25) is 24.3 Å². The van der Waals surface area contributed by atoms with Crippen LogP contribution in [0.4, 0.5) is 10.7 Å². The quantitative estimate of drug-likeness (QED) is 0.664. The van der Waals surface area contributed by atoms with Crippen LogP contribution in [0, 0.1) is 21.4 Å². The molecule has 2 aromatic heterocycles. The van der Waals surface area contributed by atoms with Gasteiger partial charge in [0.15, 0.2) is 0 Å². The first-order valence-electron chi connectivity index (χ1n) is 7.69. The van der Waals surface area contributed by atoms with Gasteiger partial charge < -0.3 is 5.32 Å². The molecular weight excluding hydrogens is 344 g/mol. The van der Waals surface area contributed by atoms with Gasteiger partial charge in [-0.2, -0.15) is 5.26 Å². The molecule has 1 amide bonds. The highest BCUT2D eigenvalue weighted by Crippen LogP contribution is 2.37. The van der Waals surface area contributed by atoms with E-state index in [0.717, 1.165) is 59.0 Å². The largest absolute Gasteiger partial charge is 0.315 e. The summed E-state index contributed by atoms with van der Waals surface area (Å²) >= 11 is 1.39. The molecule has 1 aliphatic rings. The third-order valence-electron chi connectivity index (χ3n) is 4.03. The van der Waals surface area contributed by atoms with Gasteiger partial charge in [0.2, 0.25) is 5.91 Å². The van der Waals surface area contributed by atoms with E-state index >= 15 is 0 Å². The van der Waals surface area contributed by atoms with E-state index in [1.54, 1.807) is 0 Å². The molecule has 0 atom stereocenters. The van der Waals surface area contributed by atoms with Crippen LogP contribution < -0.4 is 10.9 Å². The second kappa shape index (κ2) is 6.86. The van der Waals surface area contributed by atoms with Gasteiger partial charge in [0.05, 0.1) is 16.7 Å². The highest BCUT2D eigenvalue weighted by molar-refractivity contribution is 7.16. The van der Waals surface area contributed by atoms with Crippen LogP contribution in [-0.4, -0.2) is 15.4 Å². The van der Waals surface area contributed by atoms with Crippen LogP contribution in [0.2, 0.25) is 0 Å². The molecule has 2 heterocycles. The smallest absolute Gasteiger partial charge is 0.285 e. The van der Waals surface area contributed by atoms with Crippen molar-refractivity contribution in [1.29, 1.82) is 5.26 Å². The first-order valence-corrected chi connectivity index (χ1v) is 8.50. The van der Waals surface area contributed by atoms with Crippen LogP contribution in [0.15, 0.2) is 23.1 Å².